The molecule has 0 aliphatic heterocycles. The fourth-order valence-electron chi connectivity index (χ4n) is 2.80. The largest absolute Gasteiger partial charge is 0.480 e. The Labute approximate surface area is 116 Å². The molecule has 4 heteroatoms. The van der Waals surface area contributed by atoms with Gasteiger partial charge in [0.05, 0.1) is 11.7 Å². The van der Waals surface area contributed by atoms with Crippen LogP contribution in [-0.4, -0.2) is 34.4 Å². The number of aliphatic carboxylic acids is 1. The molecule has 0 saturated heterocycles. The minimum atomic E-state index is -0.819. The molecule has 0 aromatic heterocycles. The first-order chi connectivity index (χ1) is 8.71. The molecule has 2 atom stereocenters. The van der Waals surface area contributed by atoms with E-state index in [4.69, 9.17) is 4.74 Å². The van der Waals surface area contributed by atoms with Crippen LogP contribution < -0.4 is 5.32 Å². The average Bonchev–Trinajstić information content (AvgIpc) is 2.27. The Balaban J connectivity index is 2.77. The van der Waals surface area contributed by atoms with Crippen molar-refractivity contribution in [3.8, 4) is 0 Å². The fraction of sp³-hybridized carbons (Fsp3) is 0.933. The van der Waals surface area contributed by atoms with E-state index in [0.29, 0.717) is 12.8 Å². The number of carboxylic acids is 1. The molecule has 2 N–H and O–H groups in total. The van der Waals surface area contributed by atoms with Crippen molar-refractivity contribution in [1.82, 2.24) is 5.32 Å². The van der Waals surface area contributed by atoms with Crippen LogP contribution in [0.5, 0.6) is 0 Å². The van der Waals surface area contributed by atoms with Crippen molar-refractivity contribution in [2.24, 2.45) is 0 Å². The first-order valence-electron chi connectivity index (χ1n) is 7.40. The molecule has 1 aliphatic carbocycles. The third-order valence-corrected chi connectivity index (χ3v) is 4.02. The lowest BCUT2D eigenvalue weighted by molar-refractivity contribution is -0.154. The smallest absolute Gasteiger partial charge is 0.324 e. The van der Waals surface area contributed by atoms with Crippen LogP contribution in [0.2, 0.25) is 0 Å². The first-order valence-corrected chi connectivity index (χ1v) is 7.40. The van der Waals surface area contributed by atoms with E-state index in [1.54, 1.807) is 0 Å². The summed E-state index contributed by atoms with van der Waals surface area (Å²) >= 11 is 0. The van der Waals surface area contributed by atoms with Crippen molar-refractivity contribution in [3.63, 3.8) is 0 Å². The molecular formula is C15H29NO3. The lowest BCUT2D eigenvalue weighted by Crippen LogP contribution is -2.58. The van der Waals surface area contributed by atoms with E-state index in [9.17, 15) is 9.90 Å². The quantitative estimate of drug-likeness (QED) is 0.780. The predicted molar refractivity (Wildman–Crippen MR) is 76.3 cm³/mol. The van der Waals surface area contributed by atoms with Crippen LogP contribution >= 0.6 is 0 Å². The molecule has 1 fully saturated rings. The number of hydrogen-bond donors (Lipinski definition) is 2. The zero-order valence-electron chi connectivity index (χ0n) is 13.0. The lowest BCUT2D eigenvalue weighted by Gasteiger charge is -2.42. The van der Waals surface area contributed by atoms with E-state index >= 15 is 0 Å². The maximum Gasteiger partial charge on any atom is 0.324 e. The normalized spacial score (nSPS) is 28.6. The van der Waals surface area contributed by atoms with Crippen molar-refractivity contribution in [2.45, 2.75) is 90.0 Å². The van der Waals surface area contributed by atoms with Crippen molar-refractivity contribution >= 4 is 5.97 Å². The standard InChI is InChI=1S/C15H29NO3/c1-6-14(4,5)19-12-8-7-9-15(10-12,13(17)18)16-11(2)3/h11-12,16H,6-10H2,1-5H3,(H,17,18). The van der Waals surface area contributed by atoms with E-state index < -0.39 is 11.5 Å². The summed E-state index contributed by atoms with van der Waals surface area (Å²) in [6.45, 7) is 10.2. The highest BCUT2D eigenvalue weighted by Gasteiger charge is 2.44. The molecule has 0 heterocycles. The monoisotopic (exact) mass is 271 g/mol. The summed E-state index contributed by atoms with van der Waals surface area (Å²) in [5.74, 6) is -0.746. The number of carbonyl (C=O) groups is 1. The summed E-state index contributed by atoms with van der Waals surface area (Å²) in [5, 5.41) is 12.8. The average molecular weight is 271 g/mol. The fourth-order valence-corrected chi connectivity index (χ4v) is 2.80. The van der Waals surface area contributed by atoms with Gasteiger partial charge in [-0.05, 0) is 53.4 Å². The van der Waals surface area contributed by atoms with Crippen molar-refractivity contribution in [3.05, 3.63) is 0 Å². The minimum absolute atomic E-state index is 0.0334. The van der Waals surface area contributed by atoms with Gasteiger partial charge in [0.1, 0.15) is 5.54 Å². The summed E-state index contributed by atoms with van der Waals surface area (Å²) in [4.78, 5) is 11.7. The lowest BCUT2D eigenvalue weighted by atomic mass is 9.79. The van der Waals surface area contributed by atoms with Crippen LogP contribution in [0.3, 0.4) is 0 Å². The molecule has 4 nitrogen and oxygen atoms in total. The molecule has 0 amide bonds. The molecule has 1 rings (SSSR count). The molecule has 2 unspecified atom stereocenters. The number of ether oxygens (including phenoxy) is 1. The van der Waals surface area contributed by atoms with E-state index in [1.807, 2.05) is 13.8 Å². The van der Waals surface area contributed by atoms with E-state index in [-0.39, 0.29) is 17.7 Å². The Hall–Kier alpha value is -0.610. The van der Waals surface area contributed by atoms with Gasteiger partial charge in [-0.1, -0.05) is 6.92 Å². The zero-order valence-corrected chi connectivity index (χ0v) is 13.0. The van der Waals surface area contributed by atoms with Crippen LogP contribution in [0, 0.1) is 0 Å². The van der Waals surface area contributed by atoms with Gasteiger partial charge >= 0.3 is 5.97 Å². The molecule has 0 aromatic carbocycles. The summed E-state index contributed by atoms with van der Waals surface area (Å²) in [6.07, 6.45) is 4.07. The molecule has 0 bridgehead atoms. The molecule has 19 heavy (non-hydrogen) atoms. The van der Waals surface area contributed by atoms with Crippen LogP contribution in [-0.2, 0) is 9.53 Å². The van der Waals surface area contributed by atoms with Crippen LogP contribution in [0.1, 0.15) is 66.7 Å². The predicted octanol–water partition coefficient (Wildman–Crippen LogP) is 2.96. The van der Waals surface area contributed by atoms with Gasteiger partial charge in [-0.3, -0.25) is 10.1 Å². The number of hydrogen-bond acceptors (Lipinski definition) is 3. The van der Waals surface area contributed by atoms with Crippen LogP contribution in [0.25, 0.3) is 0 Å². The minimum Gasteiger partial charge on any atom is -0.480 e. The Morgan fingerprint density at radius 3 is 2.63 bits per heavy atom. The molecule has 1 aliphatic rings. The van der Waals surface area contributed by atoms with Crippen molar-refractivity contribution in [1.29, 1.82) is 0 Å². The van der Waals surface area contributed by atoms with Crippen LogP contribution in [0.15, 0.2) is 0 Å². The van der Waals surface area contributed by atoms with Gasteiger partial charge in [-0.15, -0.1) is 0 Å². The highest BCUT2D eigenvalue weighted by Crippen LogP contribution is 2.33. The summed E-state index contributed by atoms with van der Waals surface area (Å²) < 4.78 is 6.11. The van der Waals surface area contributed by atoms with E-state index in [2.05, 4.69) is 26.1 Å². The maximum atomic E-state index is 11.7. The third-order valence-electron chi connectivity index (χ3n) is 4.02. The van der Waals surface area contributed by atoms with Gasteiger partial charge < -0.3 is 9.84 Å². The molecule has 0 spiro atoms. The summed E-state index contributed by atoms with van der Waals surface area (Å²) in [5.41, 5.74) is -0.995. The van der Waals surface area contributed by atoms with E-state index in [1.165, 1.54) is 0 Å². The Bertz CT molecular complexity index is 315. The summed E-state index contributed by atoms with van der Waals surface area (Å²) in [7, 11) is 0. The second kappa shape index (κ2) is 6.23. The number of rotatable bonds is 6. The summed E-state index contributed by atoms with van der Waals surface area (Å²) in [6, 6.07) is 0.161. The van der Waals surface area contributed by atoms with Gasteiger partial charge in [-0.25, -0.2) is 0 Å². The van der Waals surface area contributed by atoms with Gasteiger partial charge in [0.2, 0.25) is 0 Å². The second-order valence-corrected chi connectivity index (χ2v) is 6.64. The maximum absolute atomic E-state index is 11.7. The molecule has 0 radical (unpaired) electrons. The topological polar surface area (TPSA) is 58.6 Å². The Morgan fingerprint density at radius 1 is 1.53 bits per heavy atom. The second-order valence-electron chi connectivity index (χ2n) is 6.64. The van der Waals surface area contributed by atoms with Crippen LogP contribution in [0.4, 0.5) is 0 Å². The zero-order chi connectivity index (χ0) is 14.7. The van der Waals surface area contributed by atoms with Gasteiger partial charge in [0.15, 0.2) is 0 Å². The molecular weight excluding hydrogens is 242 g/mol. The molecule has 1 saturated carbocycles. The van der Waals surface area contributed by atoms with Crippen molar-refractivity contribution in [2.75, 3.05) is 0 Å². The Kier molecular flexibility index (Phi) is 5.39. The van der Waals surface area contributed by atoms with Gasteiger partial charge in [-0.2, -0.15) is 0 Å². The van der Waals surface area contributed by atoms with Crippen molar-refractivity contribution < 1.29 is 14.6 Å². The molecule has 0 aromatic rings. The first kappa shape index (κ1) is 16.4. The SMILES string of the molecule is CCC(C)(C)OC1CCCC(NC(C)C)(C(=O)O)C1. The molecule has 112 valence electrons. The van der Waals surface area contributed by atoms with Gasteiger partial charge in [0, 0.05) is 12.5 Å². The highest BCUT2D eigenvalue weighted by molar-refractivity contribution is 5.79. The highest BCUT2D eigenvalue weighted by atomic mass is 16.5. The van der Waals surface area contributed by atoms with E-state index in [0.717, 1.165) is 19.3 Å². The third kappa shape index (κ3) is 4.46. The number of carboxylic acid groups (broad SMARTS) is 1. The Morgan fingerprint density at radius 2 is 2.16 bits per heavy atom. The van der Waals surface area contributed by atoms with Gasteiger partial charge in [0.25, 0.3) is 0 Å². The number of nitrogens with one attached hydrogen (secondary N) is 1.